The van der Waals surface area contributed by atoms with Gasteiger partial charge < -0.3 is 10.4 Å². The smallest absolute Gasteiger partial charge is 0.238 e. The van der Waals surface area contributed by atoms with Crippen molar-refractivity contribution in [3.63, 3.8) is 0 Å². The molecule has 1 amide bonds. The Kier molecular flexibility index (Phi) is 5.29. The van der Waals surface area contributed by atoms with Crippen LogP contribution in [0.5, 0.6) is 0 Å². The molecule has 1 saturated heterocycles. The third-order valence-electron chi connectivity index (χ3n) is 2.35. The molecule has 1 aliphatic heterocycles. The molecule has 1 aliphatic rings. The van der Waals surface area contributed by atoms with Crippen LogP contribution < -0.4 is 10.6 Å². The molecule has 2 unspecified atom stereocenters. The summed E-state index contributed by atoms with van der Waals surface area (Å²) in [7, 11) is 0. The van der Waals surface area contributed by atoms with E-state index in [0.717, 1.165) is 18.1 Å². The average molecular weight is 218 g/mol. The molecule has 82 valence electrons. The number of rotatable bonds is 5. The predicted octanol–water partition coefficient (Wildman–Crippen LogP) is -0.0739. The van der Waals surface area contributed by atoms with Crippen LogP contribution in [0.1, 0.15) is 19.8 Å². The fraction of sp³-hybridized carbons (Fsp3) is 0.889. The molecule has 1 rings (SSSR count). The van der Waals surface area contributed by atoms with Crippen LogP contribution in [0.25, 0.3) is 0 Å². The number of carbonyl (C=O) groups is 1. The summed E-state index contributed by atoms with van der Waals surface area (Å²) in [6.07, 6.45) is 1.51. The van der Waals surface area contributed by atoms with Gasteiger partial charge in [-0.1, -0.05) is 6.92 Å². The van der Waals surface area contributed by atoms with E-state index >= 15 is 0 Å². The van der Waals surface area contributed by atoms with E-state index in [1.54, 1.807) is 11.8 Å². The highest BCUT2D eigenvalue weighted by Gasteiger charge is 2.23. The largest absolute Gasteiger partial charge is 0.396 e. The van der Waals surface area contributed by atoms with Crippen molar-refractivity contribution >= 4 is 17.7 Å². The summed E-state index contributed by atoms with van der Waals surface area (Å²) >= 11 is 1.74. The molecule has 5 heteroatoms. The number of hydrogen-bond donors (Lipinski definition) is 3. The van der Waals surface area contributed by atoms with Gasteiger partial charge in [-0.3, -0.25) is 10.1 Å². The van der Waals surface area contributed by atoms with Crippen LogP contribution in [0.2, 0.25) is 0 Å². The van der Waals surface area contributed by atoms with E-state index in [9.17, 15) is 4.79 Å². The topological polar surface area (TPSA) is 61.4 Å². The first kappa shape index (κ1) is 11.8. The van der Waals surface area contributed by atoms with E-state index in [-0.39, 0.29) is 24.6 Å². The van der Waals surface area contributed by atoms with Crippen molar-refractivity contribution in [1.82, 2.24) is 10.6 Å². The number of aliphatic hydroxyl groups is 1. The van der Waals surface area contributed by atoms with E-state index in [1.807, 2.05) is 6.92 Å². The van der Waals surface area contributed by atoms with E-state index in [2.05, 4.69) is 10.6 Å². The van der Waals surface area contributed by atoms with Crippen molar-refractivity contribution in [2.75, 3.05) is 18.2 Å². The molecule has 0 aliphatic carbocycles. The Balaban J connectivity index is 2.29. The van der Waals surface area contributed by atoms with Crippen LogP contribution in [0, 0.1) is 0 Å². The number of carbonyl (C=O) groups excluding carboxylic acids is 1. The zero-order valence-electron chi connectivity index (χ0n) is 8.45. The molecule has 0 saturated carbocycles. The van der Waals surface area contributed by atoms with Gasteiger partial charge in [0.15, 0.2) is 0 Å². The second-order valence-electron chi connectivity index (χ2n) is 3.40. The fourth-order valence-corrected chi connectivity index (χ4v) is 2.34. The lowest BCUT2D eigenvalue weighted by atomic mass is 10.1. The first-order valence-corrected chi connectivity index (χ1v) is 6.15. The standard InChI is InChI=1S/C9H18N2O2S/c1-2-7(3-4-12)11-9(13)8-5-14-6-10-8/h7-8,10,12H,2-6H2,1H3,(H,11,13). The average Bonchev–Trinajstić information content (AvgIpc) is 2.69. The lowest BCUT2D eigenvalue weighted by Crippen LogP contribution is -2.46. The fourth-order valence-electron chi connectivity index (χ4n) is 1.40. The van der Waals surface area contributed by atoms with Crippen LogP contribution >= 0.6 is 11.8 Å². The zero-order valence-corrected chi connectivity index (χ0v) is 9.27. The Morgan fingerprint density at radius 1 is 1.79 bits per heavy atom. The molecule has 0 spiro atoms. The molecule has 1 fully saturated rings. The van der Waals surface area contributed by atoms with Crippen LogP contribution in [0.3, 0.4) is 0 Å². The molecule has 14 heavy (non-hydrogen) atoms. The third-order valence-corrected chi connectivity index (χ3v) is 3.29. The maximum atomic E-state index is 11.6. The molecular weight excluding hydrogens is 200 g/mol. The Hall–Kier alpha value is -0.260. The van der Waals surface area contributed by atoms with Gasteiger partial charge in [-0.05, 0) is 12.8 Å². The lowest BCUT2D eigenvalue weighted by Gasteiger charge is -2.18. The van der Waals surface area contributed by atoms with Crippen molar-refractivity contribution < 1.29 is 9.90 Å². The van der Waals surface area contributed by atoms with Crippen molar-refractivity contribution in [2.24, 2.45) is 0 Å². The number of aliphatic hydroxyl groups excluding tert-OH is 1. The van der Waals surface area contributed by atoms with E-state index in [0.29, 0.717) is 6.42 Å². The molecule has 2 atom stereocenters. The van der Waals surface area contributed by atoms with Gasteiger partial charge in [-0.15, -0.1) is 11.8 Å². The number of amides is 1. The van der Waals surface area contributed by atoms with Crippen LogP contribution in [0.4, 0.5) is 0 Å². The summed E-state index contributed by atoms with van der Waals surface area (Å²) in [4.78, 5) is 11.6. The van der Waals surface area contributed by atoms with E-state index in [1.165, 1.54) is 0 Å². The highest BCUT2D eigenvalue weighted by Crippen LogP contribution is 2.10. The van der Waals surface area contributed by atoms with Crippen LogP contribution in [-0.2, 0) is 4.79 Å². The van der Waals surface area contributed by atoms with E-state index < -0.39 is 0 Å². The first-order chi connectivity index (χ1) is 6.77. The predicted molar refractivity (Wildman–Crippen MR) is 58.2 cm³/mol. The van der Waals surface area contributed by atoms with Crippen molar-refractivity contribution in [3.05, 3.63) is 0 Å². The van der Waals surface area contributed by atoms with Crippen molar-refractivity contribution in [3.8, 4) is 0 Å². The molecule has 0 bridgehead atoms. The molecular formula is C9H18N2O2S. The number of thioether (sulfide) groups is 1. The SMILES string of the molecule is CCC(CCO)NC(=O)C1CSCN1. The van der Waals surface area contributed by atoms with Gasteiger partial charge in [0, 0.05) is 24.3 Å². The Morgan fingerprint density at radius 2 is 2.57 bits per heavy atom. The second-order valence-corrected chi connectivity index (χ2v) is 4.43. The summed E-state index contributed by atoms with van der Waals surface area (Å²) in [6, 6.07) is 0.0626. The number of nitrogens with one attached hydrogen (secondary N) is 2. The van der Waals surface area contributed by atoms with Crippen molar-refractivity contribution in [1.29, 1.82) is 0 Å². The molecule has 4 nitrogen and oxygen atoms in total. The molecule has 0 aromatic rings. The van der Waals surface area contributed by atoms with Gasteiger partial charge >= 0.3 is 0 Å². The highest BCUT2D eigenvalue weighted by molar-refractivity contribution is 7.99. The molecule has 0 aromatic heterocycles. The Morgan fingerprint density at radius 3 is 3.07 bits per heavy atom. The zero-order chi connectivity index (χ0) is 10.4. The summed E-state index contributed by atoms with van der Waals surface area (Å²) < 4.78 is 0. The van der Waals surface area contributed by atoms with Gasteiger partial charge in [0.25, 0.3) is 0 Å². The highest BCUT2D eigenvalue weighted by atomic mass is 32.2. The maximum Gasteiger partial charge on any atom is 0.238 e. The van der Waals surface area contributed by atoms with Gasteiger partial charge in [0.1, 0.15) is 0 Å². The molecule has 3 N–H and O–H groups in total. The summed E-state index contributed by atoms with van der Waals surface area (Å²) in [6.45, 7) is 2.14. The molecule has 0 radical (unpaired) electrons. The lowest BCUT2D eigenvalue weighted by molar-refractivity contribution is -0.123. The van der Waals surface area contributed by atoms with Gasteiger partial charge in [0.2, 0.25) is 5.91 Å². The quantitative estimate of drug-likeness (QED) is 0.604. The van der Waals surface area contributed by atoms with Gasteiger partial charge in [-0.25, -0.2) is 0 Å². The summed E-state index contributed by atoms with van der Waals surface area (Å²) in [5, 5.41) is 14.8. The molecule has 0 aromatic carbocycles. The summed E-state index contributed by atoms with van der Waals surface area (Å²) in [5.41, 5.74) is 0. The number of hydrogen-bond acceptors (Lipinski definition) is 4. The molecule has 1 heterocycles. The minimum Gasteiger partial charge on any atom is -0.396 e. The Bertz CT molecular complexity index is 184. The third kappa shape index (κ3) is 3.48. The minimum atomic E-state index is -0.0484. The van der Waals surface area contributed by atoms with Crippen LogP contribution in [-0.4, -0.2) is 41.3 Å². The van der Waals surface area contributed by atoms with E-state index in [4.69, 9.17) is 5.11 Å². The monoisotopic (exact) mass is 218 g/mol. The minimum absolute atomic E-state index is 0.0484. The first-order valence-electron chi connectivity index (χ1n) is 5.00. The van der Waals surface area contributed by atoms with Gasteiger partial charge in [0.05, 0.1) is 6.04 Å². The summed E-state index contributed by atoms with van der Waals surface area (Å²) in [5.74, 6) is 1.77. The second kappa shape index (κ2) is 6.27. The van der Waals surface area contributed by atoms with Gasteiger partial charge in [-0.2, -0.15) is 0 Å². The maximum absolute atomic E-state index is 11.6. The normalized spacial score (nSPS) is 23.4. The van der Waals surface area contributed by atoms with Crippen molar-refractivity contribution in [2.45, 2.75) is 31.8 Å². The Labute approximate surface area is 88.8 Å². The van der Waals surface area contributed by atoms with Crippen LogP contribution in [0.15, 0.2) is 0 Å².